The van der Waals surface area contributed by atoms with Crippen LogP contribution in [-0.4, -0.2) is 10.4 Å². The summed E-state index contributed by atoms with van der Waals surface area (Å²) in [5.74, 6) is 0.844. The largest absolute Gasteiger partial charge is 0.508 e. The molecule has 0 heterocycles. The first-order valence-corrected chi connectivity index (χ1v) is 5.12. The van der Waals surface area contributed by atoms with Crippen LogP contribution in [0.15, 0.2) is 18.2 Å². The summed E-state index contributed by atoms with van der Waals surface area (Å²) in [4.78, 5) is 0. The van der Waals surface area contributed by atoms with Gasteiger partial charge in [0.05, 0.1) is 0 Å². The molecule has 0 saturated heterocycles. The summed E-state index contributed by atoms with van der Waals surface area (Å²) < 4.78 is 0. The number of aromatic hydroxyl groups is 1. The smallest absolute Gasteiger partial charge is 0.118 e. The molecule has 1 rings (SSSR count). The quantitative estimate of drug-likeness (QED) is 0.772. The average molecular weight is 229 g/mol. The molecule has 0 aromatic heterocycles. The molecule has 0 aliphatic rings. The first-order valence-electron chi connectivity index (χ1n) is 4.00. The summed E-state index contributed by atoms with van der Waals surface area (Å²) in [7, 11) is 0. The van der Waals surface area contributed by atoms with Crippen LogP contribution in [0.1, 0.15) is 24.0 Å². The highest BCUT2D eigenvalue weighted by atomic mass is 79.9. The summed E-state index contributed by atoms with van der Waals surface area (Å²) in [5.41, 5.74) is 2.11. The maximum atomic E-state index is 9.43. The van der Waals surface area contributed by atoms with Crippen molar-refractivity contribution in [3.05, 3.63) is 29.3 Å². The molecule has 1 aromatic carbocycles. The lowest BCUT2D eigenvalue weighted by atomic mass is 10.0. The van der Waals surface area contributed by atoms with Crippen LogP contribution in [-0.2, 0) is 0 Å². The van der Waals surface area contributed by atoms with E-state index in [0.29, 0.717) is 11.7 Å². The van der Waals surface area contributed by atoms with Crippen LogP contribution >= 0.6 is 15.9 Å². The summed E-state index contributed by atoms with van der Waals surface area (Å²) in [6.45, 7) is 4.02. The average Bonchev–Trinajstić information content (AvgIpc) is 2.08. The molecule has 0 fully saturated rings. The Kier molecular flexibility index (Phi) is 3.15. The van der Waals surface area contributed by atoms with E-state index >= 15 is 0 Å². The second-order valence-corrected chi connectivity index (χ2v) is 3.75. The van der Waals surface area contributed by atoms with Gasteiger partial charge in [-0.1, -0.05) is 35.0 Å². The van der Waals surface area contributed by atoms with Crippen molar-refractivity contribution in [2.45, 2.75) is 19.8 Å². The zero-order valence-corrected chi connectivity index (χ0v) is 8.93. The van der Waals surface area contributed by atoms with Gasteiger partial charge in [-0.05, 0) is 30.0 Å². The second-order valence-electron chi connectivity index (χ2n) is 3.10. The monoisotopic (exact) mass is 228 g/mol. The van der Waals surface area contributed by atoms with E-state index in [1.54, 1.807) is 0 Å². The van der Waals surface area contributed by atoms with Gasteiger partial charge in [0.15, 0.2) is 0 Å². The van der Waals surface area contributed by atoms with Gasteiger partial charge in [0.1, 0.15) is 5.75 Å². The molecule has 1 nitrogen and oxygen atoms in total. The van der Waals surface area contributed by atoms with E-state index in [4.69, 9.17) is 0 Å². The Balaban J connectivity index is 2.96. The maximum Gasteiger partial charge on any atom is 0.118 e. The number of halogens is 1. The van der Waals surface area contributed by atoms with Crippen molar-refractivity contribution >= 4 is 15.9 Å². The van der Waals surface area contributed by atoms with Crippen LogP contribution in [0.2, 0.25) is 0 Å². The lowest BCUT2D eigenvalue weighted by Gasteiger charge is -2.09. The number of benzene rings is 1. The molecule has 0 aliphatic heterocycles. The fraction of sp³-hybridized carbons (Fsp3) is 0.400. The fourth-order valence-electron chi connectivity index (χ4n) is 1.02. The zero-order chi connectivity index (χ0) is 9.14. The third-order valence-electron chi connectivity index (χ3n) is 2.03. The second kappa shape index (κ2) is 3.94. The topological polar surface area (TPSA) is 20.2 Å². The first-order chi connectivity index (χ1) is 5.65. The van der Waals surface area contributed by atoms with Crippen LogP contribution < -0.4 is 0 Å². The molecular weight excluding hydrogens is 216 g/mol. The standard InChI is InChI=1S/C10H13BrO/c1-7-3-4-9(5-10(7)12)8(2)6-11/h3-5,8,12H,6H2,1-2H3. The molecule has 66 valence electrons. The van der Waals surface area contributed by atoms with Gasteiger partial charge in [-0.25, -0.2) is 0 Å². The molecule has 12 heavy (non-hydrogen) atoms. The third-order valence-corrected chi connectivity index (χ3v) is 3.00. The van der Waals surface area contributed by atoms with Gasteiger partial charge in [-0.2, -0.15) is 0 Å². The molecule has 0 bridgehead atoms. The Morgan fingerprint density at radius 2 is 2.17 bits per heavy atom. The molecule has 0 spiro atoms. The predicted octanol–water partition coefficient (Wildman–Crippen LogP) is 3.20. The third kappa shape index (κ3) is 2.01. The van der Waals surface area contributed by atoms with E-state index in [2.05, 4.69) is 28.9 Å². The minimum absolute atomic E-state index is 0.389. The molecule has 1 unspecified atom stereocenters. The molecular formula is C10H13BrO. The van der Waals surface area contributed by atoms with Gasteiger partial charge in [-0.3, -0.25) is 0 Å². The molecule has 0 aliphatic carbocycles. The summed E-state index contributed by atoms with van der Waals surface area (Å²) in [5, 5.41) is 10.4. The highest BCUT2D eigenvalue weighted by Crippen LogP contribution is 2.24. The summed E-state index contributed by atoms with van der Waals surface area (Å²) in [6.07, 6.45) is 0. The Morgan fingerprint density at radius 3 is 2.67 bits per heavy atom. The van der Waals surface area contributed by atoms with Crippen molar-refractivity contribution in [3.8, 4) is 5.75 Å². The SMILES string of the molecule is Cc1ccc(C(C)CBr)cc1O. The van der Waals surface area contributed by atoms with Crippen LogP contribution in [0.3, 0.4) is 0 Å². The zero-order valence-electron chi connectivity index (χ0n) is 7.34. The van der Waals surface area contributed by atoms with E-state index in [0.717, 1.165) is 10.9 Å². The Morgan fingerprint density at radius 1 is 1.50 bits per heavy atom. The van der Waals surface area contributed by atoms with Gasteiger partial charge in [0.2, 0.25) is 0 Å². The van der Waals surface area contributed by atoms with Crippen molar-refractivity contribution in [2.24, 2.45) is 0 Å². The van der Waals surface area contributed by atoms with E-state index in [1.807, 2.05) is 19.1 Å². The van der Waals surface area contributed by atoms with Crippen LogP contribution in [0, 0.1) is 6.92 Å². The van der Waals surface area contributed by atoms with Crippen LogP contribution in [0.4, 0.5) is 0 Å². The normalized spacial score (nSPS) is 12.9. The summed E-state index contributed by atoms with van der Waals surface area (Å²) >= 11 is 3.41. The van der Waals surface area contributed by atoms with Crippen molar-refractivity contribution in [2.75, 3.05) is 5.33 Å². The van der Waals surface area contributed by atoms with Crippen LogP contribution in [0.5, 0.6) is 5.75 Å². The molecule has 1 aromatic rings. The Labute approximate surface area is 81.6 Å². The van der Waals surface area contributed by atoms with Gasteiger partial charge < -0.3 is 5.11 Å². The fourth-order valence-corrected chi connectivity index (χ4v) is 1.40. The van der Waals surface area contributed by atoms with E-state index in [-0.39, 0.29) is 0 Å². The van der Waals surface area contributed by atoms with Gasteiger partial charge in [-0.15, -0.1) is 0 Å². The van der Waals surface area contributed by atoms with Crippen molar-refractivity contribution < 1.29 is 5.11 Å². The van der Waals surface area contributed by atoms with E-state index < -0.39 is 0 Å². The van der Waals surface area contributed by atoms with Gasteiger partial charge >= 0.3 is 0 Å². The van der Waals surface area contributed by atoms with Crippen LogP contribution in [0.25, 0.3) is 0 Å². The number of phenols is 1. The number of rotatable bonds is 2. The molecule has 2 heteroatoms. The van der Waals surface area contributed by atoms with Crippen molar-refractivity contribution in [1.82, 2.24) is 0 Å². The van der Waals surface area contributed by atoms with Gasteiger partial charge in [0, 0.05) is 5.33 Å². The molecule has 0 radical (unpaired) electrons. The highest BCUT2D eigenvalue weighted by molar-refractivity contribution is 9.09. The highest BCUT2D eigenvalue weighted by Gasteiger charge is 2.04. The molecule has 1 N–H and O–H groups in total. The molecule has 0 saturated carbocycles. The first kappa shape index (κ1) is 9.59. The number of hydrogen-bond donors (Lipinski definition) is 1. The predicted molar refractivity (Wildman–Crippen MR) is 55.1 cm³/mol. The Hall–Kier alpha value is -0.500. The number of alkyl halides is 1. The maximum absolute atomic E-state index is 9.43. The van der Waals surface area contributed by atoms with Crippen molar-refractivity contribution in [1.29, 1.82) is 0 Å². The van der Waals surface area contributed by atoms with Gasteiger partial charge in [0.25, 0.3) is 0 Å². The number of aryl methyl sites for hydroxylation is 1. The minimum Gasteiger partial charge on any atom is -0.508 e. The summed E-state index contributed by atoms with van der Waals surface area (Å²) in [6, 6.07) is 5.84. The lowest BCUT2D eigenvalue weighted by Crippen LogP contribution is -1.93. The van der Waals surface area contributed by atoms with Crippen molar-refractivity contribution in [3.63, 3.8) is 0 Å². The number of hydrogen-bond acceptors (Lipinski definition) is 1. The molecule has 1 atom stereocenters. The van der Waals surface area contributed by atoms with E-state index in [9.17, 15) is 5.11 Å². The minimum atomic E-state index is 0.389. The Bertz CT molecular complexity index is 271. The lowest BCUT2D eigenvalue weighted by molar-refractivity contribution is 0.470. The number of phenolic OH excluding ortho intramolecular Hbond substituents is 1. The molecule has 0 amide bonds. The van der Waals surface area contributed by atoms with E-state index in [1.165, 1.54) is 5.56 Å².